The summed E-state index contributed by atoms with van der Waals surface area (Å²) in [5.41, 5.74) is 2.47. The van der Waals surface area contributed by atoms with Gasteiger partial charge in [0.2, 0.25) is 0 Å². The second-order valence-corrected chi connectivity index (χ2v) is 7.02. The number of rotatable bonds is 8. The van der Waals surface area contributed by atoms with Crippen LogP contribution >= 0.6 is 7.60 Å². The van der Waals surface area contributed by atoms with Gasteiger partial charge in [0.25, 0.3) is 0 Å². The van der Waals surface area contributed by atoms with Crippen LogP contribution in [0.25, 0.3) is 0 Å². The zero-order chi connectivity index (χ0) is 17.6. The van der Waals surface area contributed by atoms with Crippen molar-refractivity contribution in [2.75, 3.05) is 13.2 Å². The van der Waals surface area contributed by atoms with Crippen molar-refractivity contribution in [1.29, 1.82) is 0 Å². The van der Waals surface area contributed by atoms with Crippen LogP contribution in [0.1, 0.15) is 23.6 Å². The summed E-state index contributed by atoms with van der Waals surface area (Å²) >= 11 is 0. The van der Waals surface area contributed by atoms with Crippen LogP contribution in [-0.2, 0) is 53.0 Å². The Morgan fingerprint density at radius 2 is 1.92 bits per heavy atom. The first kappa shape index (κ1) is 23.5. The Morgan fingerprint density at radius 1 is 1.29 bits per heavy atom. The maximum atomic E-state index is 11.3. The van der Waals surface area contributed by atoms with Gasteiger partial charge in [0.1, 0.15) is 5.75 Å². The number of ether oxygens (including phenoxy) is 2. The molecule has 0 amide bonds. The second kappa shape index (κ2) is 10.5. The molecule has 0 saturated heterocycles. The van der Waals surface area contributed by atoms with Crippen LogP contribution in [0.4, 0.5) is 0 Å². The smallest absolute Gasteiger partial charge is 0.330 e. The fraction of sp³-hybridized carbons (Fsp3) is 0.375. The molecule has 0 bridgehead atoms. The molecule has 0 spiro atoms. The molecule has 0 aliphatic rings. The molecule has 8 heteroatoms. The fourth-order valence-corrected chi connectivity index (χ4v) is 2.72. The number of carbonyl (C=O) groups is 1. The van der Waals surface area contributed by atoms with Crippen LogP contribution in [0.15, 0.2) is 24.3 Å². The average Bonchev–Trinajstić information content (AvgIpc) is 2.38. The third-order valence-electron chi connectivity index (χ3n) is 2.90. The molecule has 24 heavy (non-hydrogen) atoms. The molecule has 0 aliphatic carbocycles. The van der Waals surface area contributed by atoms with Crippen molar-refractivity contribution in [3.05, 3.63) is 47.4 Å². The van der Waals surface area contributed by atoms with Gasteiger partial charge < -0.3 is 19.3 Å². The molecule has 1 aromatic carbocycles. The van der Waals surface area contributed by atoms with Gasteiger partial charge >= 0.3 is 13.6 Å². The summed E-state index contributed by atoms with van der Waals surface area (Å²) in [6.45, 7) is 8.92. The summed E-state index contributed by atoms with van der Waals surface area (Å²) in [7, 11) is -4.19. The van der Waals surface area contributed by atoms with E-state index >= 15 is 0 Å². The molecule has 2 N–H and O–H groups in total. The van der Waals surface area contributed by atoms with Crippen LogP contribution in [0.5, 0.6) is 5.75 Å². The van der Waals surface area contributed by atoms with E-state index in [2.05, 4.69) is 6.58 Å². The van der Waals surface area contributed by atoms with Gasteiger partial charge in [-0.1, -0.05) is 24.3 Å². The summed E-state index contributed by atoms with van der Waals surface area (Å²) in [6, 6.07) is 3.57. The summed E-state index contributed by atoms with van der Waals surface area (Å²) in [5, 5.41) is 0. The molecule has 0 fully saturated rings. The van der Waals surface area contributed by atoms with Crippen LogP contribution in [0, 0.1) is 20.3 Å². The Bertz CT molecular complexity index is 638. The summed E-state index contributed by atoms with van der Waals surface area (Å²) in [4.78, 5) is 29.6. The van der Waals surface area contributed by atoms with Crippen molar-refractivity contribution in [3.8, 4) is 5.75 Å². The number of benzene rings is 1. The SMILES string of the molecule is C=C(C)C(=O)OC[CH-]COc1c(C)cc(C)cc1CP(=O)(O)O.[Y]. The van der Waals surface area contributed by atoms with E-state index in [4.69, 9.17) is 9.47 Å². The van der Waals surface area contributed by atoms with Crippen LogP contribution < -0.4 is 4.74 Å². The Labute approximate surface area is 167 Å². The monoisotopic (exact) mass is 430 g/mol. The molecule has 1 aromatic rings. The molecule has 131 valence electrons. The van der Waals surface area contributed by atoms with E-state index in [-0.39, 0.29) is 52.1 Å². The quantitative estimate of drug-likeness (QED) is 0.217. The Morgan fingerprint density at radius 3 is 2.46 bits per heavy atom. The molecular formula is C16H22O6PY-. The number of hydrogen-bond donors (Lipinski definition) is 2. The van der Waals surface area contributed by atoms with Crippen LogP contribution in [0.2, 0.25) is 0 Å². The molecule has 0 saturated carbocycles. The van der Waals surface area contributed by atoms with E-state index in [9.17, 15) is 19.1 Å². The maximum Gasteiger partial charge on any atom is 0.330 e. The second-order valence-electron chi connectivity index (χ2n) is 5.37. The number of esters is 1. The molecule has 0 aromatic heterocycles. The van der Waals surface area contributed by atoms with Gasteiger partial charge in [0.05, 0.1) is 6.16 Å². The van der Waals surface area contributed by atoms with Crippen molar-refractivity contribution < 1.29 is 61.3 Å². The molecule has 1 rings (SSSR count). The molecule has 0 heterocycles. The Balaban J connectivity index is 0.00000529. The first-order chi connectivity index (χ1) is 10.6. The van der Waals surface area contributed by atoms with Gasteiger partial charge in [-0.15, -0.1) is 0 Å². The maximum absolute atomic E-state index is 11.3. The predicted octanol–water partition coefficient (Wildman–Crippen LogP) is 2.68. The third kappa shape index (κ3) is 8.54. The molecule has 0 atom stereocenters. The first-order valence-electron chi connectivity index (χ1n) is 7.02. The van der Waals surface area contributed by atoms with E-state index in [0.717, 1.165) is 11.1 Å². The van der Waals surface area contributed by atoms with E-state index in [1.54, 1.807) is 19.4 Å². The first-order valence-corrected chi connectivity index (χ1v) is 8.81. The normalized spacial score (nSPS) is 10.7. The van der Waals surface area contributed by atoms with E-state index in [1.165, 1.54) is 0 Å². The van der Waals surface area contributed by atoms with E-state index < -0.39 is 13.6 Å². The number of hydrogen-bond acceptors (Lipinski definition) is 4. The van der Waals surface area contributed by atoms with Crippen molar-refractivity contribution >= 4 is 13.6 Å². The van der Waals surface area contributed by atoms with Crippen LogP contribution in [-0.4, -0.2) is 29.0 Å². The summed E-state index contributed by atoms with van der Waals surface area (Å²) in [5.74, 6) is -0.0312. The summed E-state index contributed by atoms with van der Waals surface area (Å²) in [6.07, 6.45) is 1.23. The van der Waals surface area contributed by atoms with Crippen molar-refractivity contribution in [2.45, 2.75) is 26.9 Å². The standard InChI is InChI=1S/C16H22O6P.Y/c1-11(2)16(17)22-7-5-6-21-15-13(4)8-12(3)9-14(15)10-23(18,19)20;/h5,8-9H,1,6-7,10H2,2-4H3,(H2,18,19,20);/q-1;. The fourth-order valence-electron chi connectivity index (χ4n) is 2.04. The zero-order valence-corrected chi connectivity index (χ0v) is 17.8. The molecular weight excluding hydrogens is 408 g/mol. The third-order valence-corrected chi connectivity index (χ3v) is 3.65. The van der Waals surface area contributed by atoms with E-state index in [0.29, 0.717) is 16.9 Å². The zero-order valence-electron chi connectivity index (χ0n) is 14.1. The van der Waals surface area contributed by atoms with Crippen molar-refractivity contribution in [1.82, 2.24) is 0 Å². The Hall–Kier alpha value is -0.516. The summed E-state index contributed by atoms with van der Waals surface area (Å²) < 4.78 is 21.8. The van der Waals surface area contributed by atoms with Gasteiger partial charge in [-0.25, -0.2) is 4.79 Å². The molecule has 6 nitrogen and oxygen atoms in total. The van der Waals surface area contributed by atoms with Gasteiger partial charge in [0.15, 0.2) is 0 Å². The van der Waals surface area contributed by atoms with Gasteiger partial charge in [0, 0.05) is 43.8 Å². The van der Waals surface area contributed by atoms with E-state index in [1.807, 2.05) is 19.9 Å². The molecule has 1 radical (unpaired) electrons. The van der Waals surface area contributed by atoms with Gasteiger partial charge in [-0.05, 0) is 39.5 Å². The van der Waals surface area contributed by atoms with Crippen molar-refractivity contribution in [3.63, 3.8) is 0 Å². The molecule has 0 unspecified atom stereocenters. The number of aryl methyl sites for hydroxylation is 2. The predicted molar refractivity (Wildman–Crippen MR) is 87.2 cm³/mol. The number of carbonyl (C=O) groups excluding carboxylic acids is 1. The topological polar surface area (TPSA) is 93.1 Å². The van der Waals surface area contributed by atoms with Gasteiger partial charge in [-0.2, -0.15) is 0 Å². The minimum absolute atomic E-state index is 0. The van der Waals surface area contributed by atoms with Crippen LogP contribution in [0.3, 0.4) is 0 Å². The average molecular weight is 430 g/mol. The Kier molecular flexibility index (Phi) is 10.2. The van der Waals surface area contributed by atoms with Crippen molar-refractivity contribution in [2.24, 2.45) is 0 Å². The van der Waals surface area contributed by atoms with Gasteiger partial charge in [-0.3, -0.25) is 11.0 Å². The largest absolute Gasteiger partial charge is 0.524 e. The minimum atomic E-state index is -4.19. The molecule has 0 aliphatic heterocycles. The minimum Gasteiger partial charge on any atom is -0.524 e.